The van der Waals surface area contributed by atoms with Crippen molar-refractivity contribution >= 4 is 39.9 Å². The minimum atomic E-state index is -4.74. The highest BCUT2D eigenvalue weighted by molar-refractivity contribution is 14.1. The molecule has 0 radical (unpaired) electrons. The number of nitro benzene ring substituents is 1. The molecule has 168 valence electrons. The topological polar surface area (TPSA) is 85.4 Å². The fourth-order valence-electron chi connectivity index (χ4n) is 2.92. The van der Waals surface area contributed by atoms with Crippen LogP contribution in [-0.2, 0) is 6.18 Å². The van der Waals surface area contributed by atoms with Crippen LogP contribution >= 0.6 is 22.6 Å². The molecule has 0 amide bonds. The number of nitro groups is 1. The van der Waals surface area contributed by atoms with E-state index in [-0.39, 0.29) is 17.2 Å². The first kappa shape index (κ1) is 24.1. The highest BCUT2D eigenvalue weighted by atomic mass is 127. The van der Waals surface area contributed by atoms with Gasteiger partial charge in [0.05, 0.1) is 32.8 Å². The van der Waals surface area contributed by atoms with Crippen LogP contribution < -0.4 is 9.47 Å². The molecule has 0 fully saturated rings. The number of benzene rings is 3. The first-order valence-electron chi connectivity index (χ1n) is 9.22. The molecular formula is C23H14F3IN2O4. The van der Waals surface area contributed by atoms with Crippen molar-refractivity contribution in [1.29, 1.82) is 5.26 Å². The molecule has 0 heterocycles. The zero-order valence-corrected chi connectivity index (χ0v) is 19.0. The molecule has 10 heteroatoms. The van der Waals surface area contributed by atoms with Crippen LogP contribution in [0.3, 0.4) is 0 Å². The molecular weight excluding hydrogens is 552 g/mol. The molecule has 3 aromatic rings. The van der Waals surface area contributed by atoms with Gasteiger partial charge in [-0.25, -0.2) is 0 Å². The van der Waals surface area contributed by atoms with Gasteiger partial charge in [-0.3, -0.25) is 10.1 Å². The van der Waals surface area contributed by atoms with Gasteiger partial charge in [0.2, 0.25) is 5.75 Å². The molecule has 0 saturated carbocycles. The van der Waals surface area contributed by atoms with Gasteiger partial charge in [-0.15, -0.1) is 0 Å². The SMILES string of the molecule is COc1cc(/C=C(\C#N)c2ccccc2)cc(I)c1Oc1ccc(C(F)(F)F)cc1[N+](=O)[O-]. The molecule has 0 aliphatic carbocycles. The number of hydrogen-bond acceptors (Lipinski definition) is 5. The molecule has 0 saturated heterocycles. The molecule has 0 unspecified atom stereocenters. The van der Waals surface area contributed by atoms with Gasteiger partial charge in [-0.2, -0.15) is 18.4 Å². The summed E-state index contributed by atoms with van der Waals surface area (Å²) < 4.78 is 50.3. The Kier molecular flexibility index (Phi) is 7.23. The van der Waals surface area contributed by atoms with Gasteiger partial charge in [0, 0.05) is 6.07 Å². The second kappa shape index (κ2) is 9.91. The van der Waals surface area contributed by atoms with E-state index < -0.39 is 22.4 Å². The van der Waals surface area contributed by atoms with Gasteiger partial charge >= 0.3 is 11.9 Å². The van der Waals surface area contributed by atoms with Crippen molar-refractivity contribution in [3.05, 3.63) is 91.0 Å². The third-order valence-electron chi connectivity index (χ3n) is 4.46. The van der Waals surface area contributed by atoms with Crippen LogP contribution in [0.2, 0.25) is 0 Å². The van der Waals surface area contributed by atoms with Crippen LogP contribution in [0.15, 0.2) is 60.7 Å². The van der Waals surface area contributed by atoms with E-state index in [0.717, 1.165) is 11.6 Å². The quantitative estimate of drug-likeness (QED) is 0.105. The number of methoxy groups -OCH3 is 1. The van der Waals surface area contributed by atoms with E-state index in [1.54, 1.807) is 42.5 Å². The Hall–Kier alpha value is -3.59. The minimum absolute atomic E-state index is 0.0938. The molecule has 6 nitrogen and oxygen atoms in total. The summed E-state index contributed by atoms with van der Waals surface area (Å²) in [6.45, 7) is 0. The zero-order chi connectivity index (χ0) is 24.2. The molecule has 0 spiro atoms. The number of hydrogen-bond donors (Lipinski definition) is 0. The standard InChI is InChI=1S/C23H14F3IN2O4/c1-32-21-11-14(9-16(13-28)15-5-3-2-4-6-15)10-18(27)22(21)33-20-8-7-17(23(24,25)26)12-19(20)29(30)31/h2-12H,1H3/b16-9+. The van der Waals surface area contributed by atoms with E-state index in [4.69, 9.17) is 9.47 Å². The number of ether oxygens (including phenoxy) is 2. The lowest BCUT2D eigenvalue weighted by molar-refractivity contribution is -0.385. The largest absolute Gasteiger partial charge is 0.493 e. The summed E-state index contributed by atoms with van der Waals surface area (Å²) in [6.07, 6.45) is -3.09. The molecule has 0 N–H and O–H groups in total. The maximum atomic E-state index is 13.0. The molecule has 3 aromatic carbocycles. The number of alkyl halides is 3. The third kappa shape index (κ3) is 5.61. The molecule has 0 atom stereocenters. The predicted molar refractivity (Wildman–Crippen MR) is 124 cm³/mol. The van der Waals surface area contributed by atoms with Crippen molar-refractivity contribution < 1.29 is 27.6 Å². The van der Waals surface area contributed by atoms with Gasteiger partial charge in [0.25, 0.3) is 0 Å². The number of nitriles is 1. The Labute approximate surface area is 200 Å². The van der Waals surface area contributed by atoms with Crippen molar-refractivity contribution in [2.24, 2.45) is 0 Å². The summed E-state index contributed by atoms with van der Waals surface area (Å²) in [5.41, 5.74) is -0.266. The summed E-state index contributed by atoms with van der Waals surface area (Å²) in [5.74, 6) is -0.0847. The second-order valence-electron chi connectivity index (χ2n) is 6.61. The number of allylic oxidation sites excluding steroid dienone is 1. The zero-order valence-electron chi connectivity index (χ0n) is 16.9. The summed E-state index contributed by atoms with van der Waals surface area (Å²) in [6, 6.07) is 16.4. The smallest absolute Gasteiger partial charge is 0.416 e. The maximum Gasteiger partial charge on any atom is 0.416 e. The Bertz CT molecular complexity index is 1270. The van der Waals surface area contributed by atoms with Crippen LogP contribution in [-0.4, -0.2) is 12.0 Å². The van der Waals surface area contributed by atoms with Gasteiger partial charge in [-0.05, 0) is 64.1 Å². The van der Waals surface area contributed by atoms with E-state index in [0.29, 0.717) is 26.8 Å². The Morgan fingerprint density at radius 1 is 1.12 bits per heavy atom. The Morgan fingerprint density at radius 3 is 2.39 bits per heavy atom. The molecule has 0 aromatic heterocycles. The maximum absolute atomic E-state index is 13.0. The van der Waals surface area contributed by atoms with Gasteiger partial charge < -0.3 is 9.47 Å². The fraction of sp³-hybridized carbons (Fsp3) is 0.0870. The Balaban J connectivity index is 2.03. The van der Waals surface area contributed by atoms with Crippen molar-refractivity contribution in [2.75, 3.05) is 7.11 Å². The van der Waals surface area contributed by atoms with E-state index in [2.05, 4.69) is 6.07 Å². The van der Waals surface area contributed by atoms with E-state index in [1.807, 2.05) is 28.7 Å². The lowest BCUT2D eigenvalue weighted by atomic mass is 10.0. The van der Waals surface area contributed by atoms with E-state index >= 15 is 0 Å². The van der Waals surface area contributed by atoms with E-state index in [9.17, 15) is 28.5 Å². The fourth-order valence-corrected chi connectivity index (χ4v) is 3.65. The molecule has 0 aliphatic heterocycles. The predicted octanol–water partition coefficient (Wildman–Crippen LogP) is 7.08. The van der Waals surface area contributed by atoms with E-state index in [1.165, 1.54) is 7.11 Å². The van der Waals surface area contributed by atoms with Gasteiger partial charge in [0.1, 0.15) is 0 Å². The van der Waals surface area contributed by atoms with Crippen molar-refractivity contribution in [1.82, 2.24) is 0 Å². The molecule has 0 bridgehead atoms. The summed E-state index contributed by atoms with van der Waals surface area (Å²) >= 11 is 1.92. The van der Waals surface area contributed by atoms with Crippen LogP contribution in [0, 0.1) is 25.0 Å². The number of rotatable bonds is 6. The average molecular weight is 566 g/mol. The first-order valence-corrected chi connectivity index (χ1v) is 10.3. The van der Waals surface area contributed by atoms with Crippen LogP contribution in [0.5, 0.6) is 17.2 Å². The number of nitrogens with zero attached hydrogens (tertiary/aromatic N) is 2. The van der Waals surface area contributed by atoms with Crippen molar-refractivity contribution in [2.45, 2.75) is 6.18 Å². The minimum Gasteiger partial charge on any atom is -0.493 e. The molecule has 0 aliphatic rings. The highest BCUT2D eigenvalue weighted by Gasteiger charge is 2.33. The third-order valence-corrected chi connectivity index (χ3v) is 5.26. The average Bonchev–Trinajstić information content (AvgIpc) is 2.78. The normalized spacial score (nSPS) is 11.6. The lowest BCUT2D eigenvalue weighted by Crippen LogP contribution is -2.06. The van der Waals surface area contributed by atoms with Crippen LogP contribution in [0.25, 0.3) is 11.6 Å². The lowest BCUT2D eigenvalue weighted by Gasteiger charge is -2.14. The molecule has 3 rings (SSSR count). The van der Waals surface area contributed by atoms with Crippen molar-refractivity contribution in [3.63, 3.8) is 0 Å². The summed E-state index contributed by atoms with van der Waals surface area (Å²) in [4.78, 5) is 10.4. The Morgan fingerprint density at radius 2 is 1.82 bits per heavy atom. The first-order chi connectivity index (χ1) is 15.6. The van der Waals surface area contributed by atoms with Crippen LogP contribution in [0.1, 0.15) is 16.7 Å². The van der Waals surface area contributed by atoms with Crippen molar-refractivity contribution in [3.8, 4) is 23.3 Å². The second-order valence-corrected chi connectivity index (χ2v) is 7.77. The van der Waals surface area contributed by atoms with Gasteiger partial charge in [-0.1, -0.05) is 30.3 Å². The summed E-state index contributed by atoms with van der Waals surface area (Å²) in [7, 11) is 1.36. The van der Waals surface area contributed by atoms with Gasteiger partial charge in [0.15, 0.2) is 11.5 Å². The molecule has 33 heavy (non-hydrogen) atoms. The highest BCUT2D eigenvalue weighted by Crippen LogP contribution is 2.42. The summed E-state index contributed by atoms with van der Waals surface area (Å²) in [5, 5.41) is 20.9. The van der Waals surface area contributed by atoms with Crippen LogP contribution in [0.4, 0.5) is 18.9 Å². The monoisotopic (exact) mass is 566 g/mol. The number of halogens is 4.